The predicted molar refractivity (Wildman–Crippen MR) is 74.9 cm³/mol. The molecule has 0 aliphatic heterocycles. The minimum absolute atomic E-state index is 0.320. The molecule has 0 saturated carbocycles. The van der Waals surface area contributed by atoms with E-state index in [-0.39, 0.29) is 0 Å². The topological polar surface area (TPSA) is 67.8 Å². The van der Waals surface area contributed by atoms with E-state index in [4.69, 9.17) is 15.1 Å². The summed E-state index contributed by atoms with van der Waals surface area (Å²) in [5.74, 6) is 3.04. The second-order valence-electron chi connectivity index (χ2n) is 5.77. The van der Waals surface area contributed by atoms with Crippen LogP contribution in [0.3, 0.4) is 0 Å². The lowest BCUT2D eigenvalue weighted by Gasteiger charge is -2.14. The van der Waals surface area contributed by atoms with Gasteiger partial charge in [-0.05, 0) is 24.8 Å². The fourth-order valence-corrected chi connectivity index (χ4v) is 2.90. The molecule has 2 aromatic heterocycles. The standard InChI is InChI=1S/C15H21N3O/c1-9(2)7-10(8-16)15-17-12-3-4-13-11(5-6-19-13)14(12)18-15/h5-6,9-10H,3-4,7-8,16H2,1-2H3,(H,17,18). The Balaban J connectivity index is 1.95. The van der Waals surface area contributed by atoms with Crippen LogP contribution in [0, 0.1) is 5.92 Å². The van der Waals surface area contributed by atoms with Crippen LogP contribution in [0.5, 0.6) is 0 Å². The Morgan fingerprint density at radius 3 is 3.00 bits per heavy atom. The average molecular weight is 259 g/mol. The summed E-state index contributed by atoms with van der Waals surface area (Å²) in [6.07, 6.45) is 4.75. The van der Waals surface area contributed by atoms with Gasteiger partial charge in [0, 0.05) is 30.1 Å². The smallest absolute Gasteiger partial charge is 0.113 e. The molecule has 4 nitrogen and oxygen atoms in total. The van der Waals surface area contributed by atoms with Gasteiger partial charge in [-0.25, -0.2) is 4.98 Å². The zero-order valence-electron chi connectivity index (χ0n) is 11.6. The van der Waals surface area contributed by atoms with Crippen molar-refractivity contribution in [3.05, 3.63) is 29.6 Å². The molecule has 4 heteroatoms. The fourth-order valence-electron chi connectivity index (χ4n) is 2.90. The number of nitrogens with one attached hydrogen (secondary N) is 1. The van der Waals surface area contributed by atoms with Gasteiger partial charge in [0.1, 0.15) is 11.6 Å². The van der Waals surface area contributed by atoms with Crippen LogP contribution in [0.2, 0.25) is 0 Å². The summed E-state index contributed by atoms with van der Waals surface area (Å²) >= 11 is 0. The molecule has 3 N–H and O–H groups in total. The van der Waals surface area contributed by atoms with Gasteiger partial charge in [-0.3, -0.25) is 0 Å². The van der Waals surface area contributed by atoms with Gasteiger partial charge in [0.05, 0.1) is 12.0 Å². The highest BCUT2D eigenvalue weighted by Crippen LogP contribution is 2.34. The van der Waals surface area contributed by atoms with E-state index >= 15 is 0 Å². The summed E-state index contributed by atoms with van der Waals surface area (Å²) in [5.41, 5.74) is 9.34. The second-order valence-corrected chi connectivity index (χ2v) is 5.77. The van der Waals surface area contributed by atoms with Gasteiger partial charge in [-0.1, -0.05) is 13.8 Å². The molecule has 2 aromatic rings. The van der Waals surface area contributed by atoms with Crippen molar-refractivity contribution in [2.45, 2.75) is 39.0 Å². The zero-order valence-corrected chi connectivity index (χ0v) is 11.6. The summed E-state index contributed by atoms with van der Waals surface area (Å²) in [6.45, 7) is 5.09. The number of rotatable bonds is 4. The van der Waals surface area contributed by atoms with Gasteiger partial charge in [0.25, 0.3) is 0 Å². The monoisotopic (exact) mass is 259 g/mol. The van der Waals surface area contributed by atoms with E-state index in [0.717, 1.165) is 42.1 Å². The molecule has 1 aliphatic carbocycles. The van der Waals surface area contributed by atoms with Gasteiger partial charge in [-0.2, -0.15) is 0 Å². The Morgan fingerprint density at radius 1 is 1.42 bits per heavy atom. The normalized spacial score (nSPS) is 15.4. The van der Waals surface area contributed by atoms with Crippen molar-refractivity contribution >= 4 is 0 Å². The van der Waals surface area contributed by atoms with E-state index in [9.17, 15) is 0 Å². The highest BCUT2D eigenvalue weighted by Gasteiger charge is 2.25. The number of imidazole rings is 1. The third-order valence-corrected chi connectivity index (χ3v) is 3.83. The average Bonchev–Trinajstić information content (AvgIpc) is 3.00. The van der Waals surface area contributed by atoms with Crippen molar-refractivity contribution in [2.24, 2.45) is 11.7 Å². The highest BCUT2D eigenvalue weighted by molar-refractivity contribution is 5.66. The number of nitrogens with two attached hydrogens (primary N) is 1. The van der Waals surface area contributed by atoms with Crippen LogP contribution >= 0.6 is 0 Å². The summed E-state index contributed by atoms with van der Waals surface area (Å²) in [5, 5.41) is 0. The second kappa shape index (κ2) is 4.85. The molecule has 0 fully saturated rings. The number of H-pyrrole nitrogens is 1. The van der Waals surface area contributed by atoms with Crippen LogP contribution in [0.25, 0.3) is 11.3 Å². The Labute approximate surface area is 113 Å². The van der Waals surface area contributed by atoms with Crippen LogP contribution in [0.4, 0.5) is 0 Å². The summed E-state index contributed by atoms with van der Waals surface area (Å²) < 4.78 is 5.49. The number of hydrogen-bond donors (Lipinski definition) is 2. The van der Waals surface area contributed by atoms with Crippen molar-refractivity contribution < 1.29 is 4.42 Å². The molecule has 1 unspecified atom stereocenters. The van der Waals surface area contributed by atoms with Gasteiger partial charge in [0.2, 0.25) is 0 Å². The van der Waals surface area contributed by atoms with Crippen molar-refractivity contribution in [1.82, 2.24) is 9.97 Å². The lowest BCUT2D eigenvalue weighted by atomic mass is 9.97. The first kappa shape index (κ1) is 12.5. The van der Waals surface area contributed by atoms with E-state index in [1.54, 1.807) is 6.26 Å². The Hall–Kier alpha value is -1.55. The molecule has 1 atom stereocenters. The Morgan fingerprint density at radius 2 is 2.26 bits per heavy atom. The van der Waals surface area contributed by atoms with Crippen LogP contribution < -0.4 is 5.73 Å². The van der Waals surface area contributed by atoms with Gasteiger partial charge in [0.15, 0.2) is 0 Å². The number of aromatic amines is 1. The van der Waals surface area contributed by atoms with Crippen LogP contribution in [0.1, 0.15) is 43.5 Å². The van der Waals surface area contributed by atoms with E-state index in [2.05, 4.69) is 18.8 Å². The van der Waals surface area contributed by atoms with Crippen LogP contribution in [0.15, 0.2) is 16.7 Å². The maximum atomic E-state index is 5.91. The first-order chi connectivity index (χ1) is 9.19. The number of furan rings is 1. The van der Waals surface area contributed by atoms with Crippen LogP contribution in [-0.4, -0.2) is 16.5 Å². The molecule has 0 radical (unpaired) electrons. The Bertz CT molecular complexity index is 568. The maximum absolute atomic E-state index is 5.91. The number of aryl methyl sites for hydroxylation is 2. The van der Waals surface area contributed by atoms with Gasteiger partial charge >= 0.3 is 0 Å². The third kappa shape index (κ3) is 2.21. The fraction of sp³-hybridized carbons (Fsp3) is 0.533. The summed E-state index contributed by atoms with van der Waals surface area (Å²) in [7, 11) is 0. The molecule has 3 rings (SSSR count). The van der Waals surface area contributed by atoms with E-state index in [1.165, 1.54) is 5.69 Å². The van der Waals surface area contributed by atoms with Crippen molar-refractivity contribution in [2.75, 3.05) is 6.54 Å². The van der Waals surface area contributed by atoms with E-state index in [0.29, 0.717) is 18.4 Å². The van der Waals surface area contributed by atoms with Gasteiger partial charge < -0.3 is 15.1 Å². The largest absolute Gasteiger partial charge is 0.469 e. The van der Waals surface area contributed by atoms with E-state index in [1.807, 2.05) is 6.07 Å². The lowest BCUT2D eigenvalue weighted by molar-refractivity contribution is 0.490. The number of aromatic nitrogens is 2. The minimum Gasteiger partial charge on any atom is -0.469 e. The molecule has 102 valence electrons. The molecule has 19 heavy (non-hydrogen) atoms. The summed E-state index contributed by atoms with van der Waals surface area (Å²) in [6, 6.07) is 2.01. The van der Waals surface area contributed by atoms with Crippen LogP contribution in [-0.2, 0) is 12.8 Å². The predicted octanol–water partition coefficient (Wildman–Crippen LogP) is 2.86. The van der Waals surface area contributed by atoms with Crippen molar-refractivity contribution in [3.63, 3.8) is 0 Å². The molecule has 0 saturated heterocycles. The van der Waals surface area contributed by atoms with E-state index < -0.39 is 0 Å². The third-order valence-electron chi connectivity index (χ3n) is 3.83. The molecule has 0 aromatic carbocycles. The Kier molecular flexibility index (Phi) is 3.19. The maximum Gasteiger partial charge on any atom is 0.113 e. The first-order valence-corrected chi connectivity index (χ1v) is 7.04. The molecule has 0 bridgehead atoms. The minimum atomic E-state index is 0.320. The molecule has 0 amide bonds. The lowest BCUT2D eigenvalue weighted by Crippen LogP contribution is -2.16. The van der Waals surface area contributed by atoms with Crippen molar-refractivity contribution in [1.29, 1.82) is 0 Å². The quantitative estimate of drug-likeness (QED) is 0.887. The first-order valence-electron chi connectivity index (χ1n) is 7.04. The highest BCUT2D eigenvalue weighted by atomic mass is 16.3. The molecule has 2 heterocycles. The molecule has 0 spiro atoms. The molecule has 1 aliphatic rings. The molecular formula is C15H21N3O. The van der Waals surface area contributed by atoms with Crippen molar-refractivity contribution in [3.8, 4) is 11.3 Å². The zero-order chi connectivity index (χ0) is 13.4. The molecular weight excluding hydrogens is 238 g/mol. The van der Waals surface area contributed by atoms with Gasteiger partial charge in [-0.15, -0.1) is 0 Å². The summed E-state index contributed by atoms with van der Waals surface area (Å²) in [4.78, 5) is 8.28. The SMILES string of the molecule is CC(C)CC(CN)c1nc2c([nH]1)CCc1occc1-2. The number of fused-ring (bicyclic) bond motifs is 3. The number of hydrogen-bond acceptors (Lipinski definition) is 3. The number of nitrogens with zero attached hydrogens (tertiary/aromatic N) is 1.